The molecule has 2 N–H and O–H groups in total. The van der Waals surface area contributed by atoms with Gasteiger partial charge in [0.25, 0.3) is 0 Å². The van der Waals surface area contributed by atoms with Crippen molar-refractivity contribution in [1.82, 2.24) is 14.9 Å². The summed E-state index contributed by atoms with van der Waals surface area (Å²) in [6.45, 7) is 5.01. The number of carbonyl (C=O) groups excluding carboxylic acids is 1. The second-order valence-electron chi connectivity index (χ2n) is 6.51. The Kier molecular flexibility index (Phi) is 5.21. The average Bonchev–Trinajstić information content (AvgIpc) is 3.11. The number of halogens is 1. The van der Waals surface area contributed by atoms with Crippen LogP contribution in [0.2, 0.25) is 0 Å². The molecular formula is C18H23FN4O2. The van der Waals surface area contributed by atoms with E-state index < -0.39 is 5.82 Å². The van der Waals surface area contributed by atoms with Crippen molar-refractivity contribution in [2.24, 2.45) is 0 Å². The Morgan fingerprint density at radius 2 is 2.16 bits per heavy atom. The fourth-order valence-electron chi connectivity index (χ4n) is 3.02. The van der Waals surface area contributed by atoms with Gasteiger partial charge >= 0.3 is 6.03 Å². The third kappa shape index (κ3) is 4.29. The number of piperidine rings is 1. The number of amides is 2. The van der Waals surface area contributed by atoms with Crippen LogP contribution in [-0.2, 0) is 0 Å². The number of anilines is 1. The molecule has 0 bridgehead atoms. The van der Waals surface area contributed by atoms with Crippen LogP contribution >= 0.6 is 0 Å². The van der Waals surface area contributed by atoms with Gasteiger partial charge in [-0.05, 0) is 38.8 Å². The molecule has 0 spiro atoms. The Hall–Kier alpha value is -2.57. The highest BCUT2D eigenvalue weighted by molar-refractivity contribution is 5.89. The van der Waals surface area contributed by atoms with E-state index >= 15 is 0 Å². The van der Waals surface area contributed by atoms with E-state index in [-0.39, 0.29) is 17.8 Å². The molecule has 7 heteroatoms. The number of carbonyl (C=O) groups is 1. The third-order valence-electron chi connectivity index (χ3n) is 4.30. The van der Waals surface area contributed by atoms with Crippen LogP contribution in [0.5, 0.6) is 5.75 Å². The molecule has 134 valence electrons. The first kappa shape index (κ1) is 17.3. The highest BCUT2D eigenvalue weighted by Gasteiger charge is 2.25. The molecule has 1 aliphatic rings. The first-order valence-corrected chi connectivity index (χ1v) is 8.53. The summed E-state index contributed by atoms with van der Waals surface area (Å²) in [4.78, 5) is 21.3. The molecule has 1 fully saturated rings. The minimum Gasteiger partial charge on any atom is -0.491 e. The molecule has 25 heavy (non-hydrogen) atoms. The van der Waals surface area contributed by atoms with Gasteiger partial charge in [0.15, 0.2) is 0 Å². The smallest absolute Gasteiger partial charge is 0.321 e. The second-order valence-corrected chi connectivity index (χ2v) is 6.51. The monoisotopic (exact) mass is 346 g/mol. The number of aromatic amines is 1. The topological polar surface area (TPSA) is 70.2 Å². The van der Waals surface area contributed by atoms with Crippen LogP contribution in [0.15, 0.2) is 30.7 Å². The summed E-state index contributed by atoms with van der Waals surface area (Å²) < 4.78 is 19.6. The van der Waals surface area contributed by atoms with E-state index in [2.05, 4.69) is 15.3 Å². The zero-order valence-electron chi connectivity index (χ0n) is 14.5. The molecule has 1 aromatic carbocycles. The summed E-state index contributed by atoms with van der Waals surface area (Å²) in [6, 6.07) is 4.20. The van der Waals surface area contributed by atoms with Crippen molar-refractivity contribution >= 4 is 11.7 Å². The minimum absolute atomic E-state index is 0.0315. The number of urea groups is 1. The number of benzene rings is 1. The van der Waals surface area contributed by atoms with Gasteiger partial charge in [0.2, 0.25) is 0 Å². The number of hydrogen-bond acceptors (Lipinski definition) is 3. The lowest BCUT2D eigenvalue weighted by Gasteiger charge is -2.31. The predicted molar refractivity (Wildman–Crippen MR) is 93.3 cm³/mol. The Labute approximate surface area is 146 Å². The van der Waals surface area contributed by atoms with Crippen LogP contribution in [-0.4, -0.2) is 40.1 Å². The van der Waals surface area contributed by atoms with Crippen LogP contribution in [0.1, 0.15) is 38.3 Å². The van der Waals surface area contributed by atoms with E-state index in [1.165, 1.54) is 12.1 Å². The molecule has 0 saturated carbocycles. The molecule has 0 unspecified atom stereocenters. The minimum atomic E-state index is -0.501. The van der Waals surface area contributed by atoms with Crippen molar-refractivity contribution in [3.8, 4) is 5.75 Å². The van der Waals surface area contributed by atoms with E-state index in [4.69, 9.17) is 4.74 Å². The number of ether oxygens (including phenoxy) is 1. The highest BCUT2D eigenvalue weighted by Crippen LogP contribution is 2.27. The number of nitrogens with zero attached hydrogens (tertiary/aromatic N) is 2. The first-order valence-electron chi connectivity index (χ1n) is 8.53. The maximum atomic E-state index is 14.2. The average molecular weight is 346 g/mol. The van der Waals surface area contributed by atoms with Crippen LogP contribution < -0.4 is 10.1 Å². The molecule has 6 nitrogen and oxygen atoms in total. The van der Waals surface area contributed by atoms with Gasteiger partial charge in [-0.1, -0.05) is 0 Å². The number of imidazole rings is 1. The van der Waals surface area contributed by atoms with Crippen molar-refractivity contribution in [2.75, 3.05) is 18.4 Å². The van der Waals surface area contributed by atoms with Gasteiger partial charge in [-0.2, -0.15) is 0 Å². The van der Waals surface area contributed by atoms with Gasteiger partial charge in [-0.3, -0.25) is 0 Å². The summed E-state index contributed by atoms with van der Waals surface area (Å²) in [5.74, 6) is 0.334. The number of likely N-dealkylation sites (tertiary alicyclic amines) is 1. The first-order chi connectivity index (χ1) is 12.0. The molecular weight excluding hydrogens is 323 g/mol. The number of hydrogen-bond donors (Lipinski definition) is 2. The van der Waals surface area contributed by atoms with Crippen molar-refractivity contribution in [3.63, 3.8) is 0 Å². The van der Waals surface area contributed by atoms with Crippen LogP contribution in [0.3, 0.4) is 0 Å². The zero-order valence-corrected chi connectivity index (χ0v) is 14.5. The van der Waals surface area contributed by atoms with Crippen molar-refractivity contribution in [2.45, 2.75) is 38.7 Å². The van der Waals surface area contributed by atoms with Crippen LogP contribution in [0.4, 0.5) is 14.9 Å². The quantitative estimate of drug-likeness (QED) is 0.886. The summed E-state index contributed by atoms with van der Waals surface area (Å²) in [5.41, 5.74) is 1.27. The molecule has 1 aromatic heterocycles. The lowest BCUT2D eigenvalue weighted by molar-refractivity contribution is 0.194. The normalized spacial score (nSPS) is 15.4. The Balaban J connectivity index is 1.56. The molecule has 0 radical (unpaired) electrons. The Bertz CT molecular complexity index is 710. The van der Waals surface area contributed by atoms with E-state index in [1.54, 1.807) is 17.3 Å². The number of aromatic nitrogens is 2. The fourth-order valence-corrected chi connectivity index (χ4v) is 3.02. The van der Waals surface area contributed by atoms with E-state index in [0.29, 0.717) is 24.8 Å². The fraction of sp³-hybridized carbons (Fsp3) is 0.444. The number of rotatable bonds is 4. The summed E-state index contributed by atoms with van der Waals surface area (Å²) >= 11 is 0. The molecule has 2 heterocycles. The van der Waals surface area contributed by atoms with Gasteiger partial charge in [0, 0.05) is 37.0 Å². The van der Waals surface area contributed by atoms with E-state index in [0.717, 1.165) is 18.5 Å². The van der Waals surface area contributed by atoms with Crippen molar-refractivity contribution in [3.05, 3.63) is 42.2 Å². The summed E-state index contributed by atoms with van der Waals surface area (Å²) in [7, 11) is 0. The SMILES string of the molecule is CC(C)Oc1ccc(NC(=O)N2CCC(c3cnc[nH]3)CC2)c(F)c1. The van der Waals surface area contributed by atoms with Gasteiger partial charge < -0.3 is 19.9 Å². The van der Waals surface area contributed by atoms with Gasteiger partial charge in [0.1, 0.15) is 11.6 Å². The maximum absolute atomic E-state index is 14.2. The van der Waals surface area contributed by atoms with Crippen LogP contribution in [0.25, 0.3) is 0 Å². The van der Waals surface area contributed by atoms with Crippen molar-refractivity contribution < 1.29 is 13.9 Å². The molecule has 1 aliphatic heterocycles. The van der Waals surface area contributed by atoms with Gasteiger partial charge in [-0.25, -0.2) is 14.2 Å². The van der Waals surface area contributed by atoms with Gasteiger partial charge in [0.05, 0.1) is 18.1 Å². The number of nitrogens with one attached hydrogen (secondary N) is 2. The Morgan fingerprint density at radius 1 is 1.40 bits per heavy atom. The zero-order chi connectivity index (χ0) is 17.8. The van der Waals surface area contributed by atoms with E-state index in [9.17, 15) is 9.18 Å². The molecule has 0 aliphatic carbocycles. The molecule has 2 amide bonds. The summed E-state index contributed by atoms with van der Waals surface area (Å²) in [5, 5.41) is 2.65. The molecule has 1 saturated heterocycles. The summed E-state index contributed by atoms with van der Waals surface area (Å²) in [6.07, 6.45) is 5.19. The lowest BCUT2D eigenvalue weighted by atomic mass is 9.94. The van der Waals surface area contributed by atoms with Crippen molar-refractivity contribution in [1.29, 1.82) is 0 Å². The molecule has 3 rings (SSSR count). The second kappa shape index (κ2) is 7.55. The standard InChI is InChI=1S/C18H23FN4O2/c1-12(2)25-14-3-4-16(15(19)9-14)22-18(24)23-7-5-13(6-8-23)17-10-20-11-21-17/h3-4,9-13H,5-8H2,1-2H3,(H,20,21)(H,22,24). The number of H-pyrrole nitrogens is 1. The maximum Gasteiger partial charge on any atom is 0.321 e. The largest absolute Gasteiger partial charge is 0.491 e. The third-order valence-corrected chi connectivity index (χ3v) is 4.30. The molecule has 0 atom stereocenters. The lowest BCUT2D eigenvalue weighted by Crippen LogP contribution is -2.40. The van der Waals surface area contributed by atoms with Gasteiger partial charge in [-0.15, -0.1) is 0 Å². The van der Waals surface area contributed by atoms with Crippen LogP contribution in [0, 0.1) is 5.82 Å². The van der Waals surface area contributed by atoms with E-state index in [1.807, 2.05) is 20.0 Å². The predicted octanol–water partition coefficient (Wildman–Crippen LogP) is 3.75. The molecule has 2 aromatic rings. The highest BCUT2D eigenvalue weighted by atomic mass is 19.1. The Morgan fingerprint density at radius 3 is 2.76 bits per heavy atom.